The van der Waals surface area contributed by atoms with Crippen LogP contribution in [0.4, 0.5) is 18.0 Å². The standard InChI is InChI=1S/C23H24ClN5O6.C2HF3O2/c24-17-4-2-1-3-15(17)12-34-23(33)28-19(22(31)32)11-27-20(30)10-16-9-18(29-35-16)13-5-7-14(8-6-13)21(25)26;3-2(4,5)1(6)7/h1-8,16,19H,9-12H2,(H3,25,26)(H,27,30)(H,28,33)(H,31,32);(H,6,7)/t16?,19-;/m0./s1. The molecule has 1 aliphatic heterocycles. The van der Waals surface area contributed by atoms with Crippen LogP contribution in [0.2, 0.25) is 5.02 Å². The van der Waals surface area contributed by atoms with Gasteiger partial charge in [-0.3, -0.25) is 10.2 Å². The van der Waals surface area contributed by atoms with Crippen molar-refractivity contribution in [1.82, 2.24) is 10.6 Å². The number of alkyl halides is 3. The number of ether oxygens (including phenoxy) is 1. The van der Waals surface area contributed by atoms with Crippen LogP contribution in [0.15, 0.2) is 53.7 Å². The van der Waals surface area contributed by atoms with Crippen molar-refractivity contribution < 1.29 is 52.1 Å². The lowest BCUT2D eigenvalue weighted by Crippen LogP contribution is -2.48. The largest absolute Gasteiger partial charge is 0.490 e. The number of amides is 2. The van der Waals surface area contributed by atoms with Gasteiger partial charge in [0.05, 0.1) is 12.1 Å². The van der Waals surface area contributed by atoms with Crippen molar-refractivity contribution in [1.29, 1.82) is 5.41 Å². The molecule has 226 valence electrons. The first-order valence-corrected chi connectivity index (χ1v) is 12.2. The van der Waals surface area contributed by atoms with E-state index >= 15 is 0 Å². The fraction of sp³-hybridized carbons (Fsp3) is 0.280. The zero-order chi connectivity index (χ0) is 31.4. The zero-order valence-electron chi connectivity index (χ0n) is 21.5. The fourth-order valence-corrected chi connectivity index (χ4v) is 3.38. The van der Waals surface area contributed by atoms with Gasteiger partial charge in [0.15, 0.2) is 0 Å². The van der Waals surface area contributed by atoms with Crippen LogP contribution in [0.1, 0.15) is 29.5 Å². The van der Waals surface area contributed by atoms with E-state index < -0.39 is 42.3 Å². The summed E-state index contributed by atoms with van der Waals surface area (Å²) in [6.07, 6.45) is -6.24. The second kappa shape index (κ2) is 15.2. The van der Waals surface area contributed by atoms with E-state index in [4.69, 9.17) is 42.2 Å². The Morgan fingerprint density at radius 1 is 1.14 bits per heavy atom. The molecule has 3 rings (SSSR count). The molecule has 0 spiro atoms. The molecule has 2 amide bonds. The predicted molar refractivity (Wildman–Crippen MR) is 141 cm³/mol. The number of benzene rings is 2. The van der Waals surface area contributed by atoms with Crippen LogP contribution in [-0.4, -0.2) is 70.6 Å². The number of carbonyl (C=O) groups excluding carboxylic acids is 2. The first kappa shape index (κ1) is 33.3. The monoisotopic (exact) mass is 615 g/mol. The van der Waals surface area contributed by atoms with Crippen molar-refractivity contribution in [3.63, 3.8) is 0 Å². The zero-order valence-corrected chi connectivity index (χ0v) is 22.2. The minimum Gasteiger partial charge on any atom is -0.480 e. The molecule has 0 fully saturated rings. The molecule has 2 aromatic rings. The Labute approximate surface area is 240 Å². The number of rotatable bonds is 10. The third-order valence-electron chi connectivity index (χ3n) is 5.33. The summed E-state index contributed by atoms with van der Waals surface area (Å²) in [5.74, 6) is -4.60. The Morgan fingerprint density at radius 2 is 1.76 bits per heavy atom. The molecular weight excluding hydrogens is 591 g/mol. The number of carboxylic acid groups (broad SMARTS) is 2. The molecule has 0 aromatic heterocycles. The van der Waals surface area contributed by atoms with Gasteiger partial charge in [-0.05, 0) is 11.6 Å². The summed E-state index contributed by atoms with van der Waals surface area (Å²) < 4.78 is 36.7. The molecule has 1 aliphatic rings. The summed E-state index contributed by atoms with van der Waals surface area (Å²) in [4.78, 5) is 50.0. The summed E-state index contributed by atoms with van der Waals surface area (Å²) in [6, 6.07) is 12.3. The van der Waals surface area contributed by atoms with Crippen LogP contribution in [0, 0.1) is 5.41 Å². The molecular formula is C25H25ClF3N5O8. The molecule has 17 heteroatoms. The number of oxime groups is 1. The average molecular weight is 616 g/mol. The van der Waals surface area contributed by atoms with Gasteiger partial charge in [-0.1, -0.05) is 59.2 Å². The lowest BCUT2D eigenvalue weighted by Gasteiger charge is -2.16. The molecule has 2 aromatic carbocycles. The van der Waals surface area contributed by atoms with Gasteiger partial charge in [-0.25, -0.2) is 14.4 Å². The third kappa shape index (κ3) is 11.0. The lowest BCUT2D eigenvalue weighted by atomic mass is 10.0. The van der Waals surface area contributed by atoms with Crippen LogP contribution in [0.25, 0.3) is 0 Å². The number of hydrogen-bond acceptors (Lipinski definition) is 8. The normalized spacial score (nSPS) is 14.7. The van der Waals surface area contributed by atoms with Crippen molar-refractivity contribution in [3.8, 4) is 0 Å². The third-order valence-corrected chi connectivity index (χ3v) is 5.70. The van der Waals surface area contributed by atoms with Gasteiger partial charge >= 0.3 is 24.2 Å². The van der Waals surface area contributed by atoms with E-state index in [1.54, 1.807) is 48.5 Å². The average Bonchev–Trinajstić information content (AvgIpc) is 3.38. The van der Waals surface area contributed by atoms with E-state index in [0.29, 0.717) is 28.3 Å². The molecule has 0 aliphatic carbocycles. The molecule has 1 unspecified atom stereocenters. The summed E-state index contributed by atoms with van der Waals surface area (Å²) >= 11 is 6.00. The quantitative estimate of drug-likeness (QED) is 0.171. The smallest absolute Gasteiger partial charge is 0.480 e. The SMILES string of the molecule is N=C(N)c1ccc(C2=NOC(CC(=O)NC[C@H](NC(=O)OCc3ccccc3Cl)C(=O)O)C2)cc1.O=C(O)C(F)(F)F. The lowest BCUT2D eigenvalue weighted by molar-refractivity contribution is -0.192. The van der Waals surface area contributed by atoms with Crippen molar-refractivity contribution in [3.05, 3.63) is 70.2 Å². The molecule has 2 atom stereocenters. The number of nitrogens with zero attached hydrogens (tertiary/aromatic N) is 1. The Bertz CT molecular complexity index is 1340. The first-order chi connectivity index (χ1) is 19.7. The van der Waals surface area contributed by atoms with Crippen LogP contribution in [0.5, 0.6) is 0 Å². The highest BCUT2D eigenvalue weighted by Crippen LogP contribution is 2.20. The Hall–Kier alpha value is -4.86. The number of aliphatic carboxylic acids is 2. The molecule has 0 radical (unpaired) electrons. The van der Waals surface area contributed by atoms with Gasteiger partial charge in [0, 0.05) is 29.1 Å². The Balaban J connectivity index is 0.000000782. The Kier molecular flexibility index (Phi) is 12.1. The van der Waals surface area contributed by atoms with E-state index in [0.717, 1.165) is 5.56 Å². The van der Waals surface area contributed by atoms with Crippen molar-refractivity contribution >= 4 is 47.1 Å². The molecule has 42 heavy (non-hydrogen) atoms. The van der Waals surface area contributed by atoms with Gasteiger partial charge < -0.3 is 36.2 Å². The highest BCUT2D eigenvalue weighted by molar-refractivity contribution is 6.31. The maximum atomic E-state index is 12.3. The first-order valence-electron chi connectivity index (χ1n) is 11.8. The highest BCUT2D eigenvalue weighted by Gasteiger charge is 2.38. The summed E-state index contributed by atoms with van der Waals surface area (Å²) in [7, 11) is 0. The van der Waals surface area contributed by atoms with Gasteiger partial charge in [0.25, 0.3) is 0 Å². The van der Waals surface area contributed by atoms with E-state index in [9.17, 15) is 32.7 Å². The van der Waals surface area contributed by atoms with E-state index in [1.165, 1.54) is 0 Å². The number of alkyl carbamates (subject to hydrolysis) is 1. The van der Waals surface area contributed by atoms with Gasteiger partial charge in [0.1, 0.15) is 24.6 Å². The number of amidine groups is 1. The minimum absolute atomic E-state index is 0.0429. The second-order valence-corrected chi connectivity index (χ2v) is 8.88. The molecule has 0 bridgehead atoms. The summed E-state index contributed by atoms with van der Waals surface area (Å²) in [5.41, 5.74) is 8.02. The van der Waals surface area contributed by atoms with Crippen molar-refractivity contribution in [2.24, 2.45) is 10.9 Å². The van der Waals surface area contributed by atoms with Crippen LogP contribution < -0.4 is 16.4 Å². The second-order valence-electron chi connectivity index (χ2n) is 8.47. The van der Waals surface area contributed by atoms with Gasteiger partial charge in [0.2, 0.25) is 5.91 Å². The number of nitrogen functional groups attached to an aromatic ring is 1. The van der Waals surface area contributed by atoms with Crippen molar-refractivity contribution in [2.75, 3.05) is 6.54 Å². The highest BCUT2D eigenvalue weighted by atomic mass is 35.5. The fourth-order valence-electron chi connectivity index (χ4n) is 3.19. The summed E-state index contributed by atoms with van der Waals surface area (Å²) in [6.45, 7) is -0.481. The van der Waals surface area contributed by atoms with E-state index in [2.05, 4.69) is 15.8 Å². The van der Waals surface area contributed by atoms with Crippen molar-refractivity contribution in [2.45, 2.75) is 37.8 Å². The van der Waals surface area contributed by atoms with Crippen LogP contribution in [0.3, 0.4) is 0 Å². The number of hydrogen-bond donors (Lipinski definition) is 6. The Morgan fingerprint density at radius 3 is 2.31 bits per heavy atom. The van der Waals surface area contributed by atoms with Gasteiger partial charge in [-0.15, -0.1) is 0 Å². The molecule has 13 nitrogen and oxygen atoms in total. The molecule has 0 saturated carbocycles. The van der Waals surface area contributed by atoms with Gasteiger partial charge in [-0.2, -0.15) is 13.2 Å². The maximum absolute atomic E-state index is 12.3. The van der Waals surface area contributed by atoms with E-state index in [1.807, 2.05) is 0 Å². The van der Waals surface area contributed by atoms with Crippen LogP contribution in [-0.2, 0) is 30.6 Å². The molecule has 0 saturated heterocycles. The number of carbonyl (C=O) groups is 4. The molecule has 7 N–H and O–H groups in total. The number of nitrogens with two attached hydrogens (primary N) is 1. The predicted octanol–water partition coefficient (Wildman–Crippen LogP) is 2.64. The molecule has 1 heterocycles. The summed E-state index contributed by atoms with van der Waals surface area (Å²) in [5, 5.41) is 33.0. The number of halogens is 4. The number of carboxylic acids is 2. The van der Waals surface area contributed by atoms with E-state index in [-0.39, 0.29) is 25.4 Å². The number of nitrogens with one attached hydrogen (secondary N) is 3. The topological polar surface area (TPSA) is 213 Å². The minimum atomic E-state index is -5.08. The maximum Gasteiger partial charge on any atom is 0.490 e. The van der Waals surface area contributed by atoms with Crippen LogP contribution >= 0.6 is 11.6 Å².